The first-order valence-electron chi connectivity index (χ1n) is 4.37. The van der Waals surface area contributed by atoms with E-state index in [0.29, 0.717) is 10.7 Å². The number of rotatable bonds is 2. The second kappa shape index (κ2) is 3.42. The van der Waals surface area contributed by atoms with E-state index in [9.17, 15) is 4.79 Å². The lowest BCUT2D eigenvalue weighted by Gasteiger charge is -2.01. The first kappa shape index (κ1) is 9.21. The van der Waals surface area contributed by atoms with Crippen LogP contribution in [-0.2, 0) is 6.54 Å². The number of halogens is 1. The molecule has 0 aliphatic heterocycles. The van der Waals surface area contributed by atoms with E-state index in [0.717, 1.165) is 23.9 Å². The lowest BCUT2D eigenvalue weighted by atomic mass is 10.2. The maximum absolute atomic E-state index is 10.8. The van der Waals surface area contributed by atoms with Crippen molar-refractivity contribution < 1.29 is 4.79 Å². The van der Waals surface area contributed by atoms with Crippen molar-refractivity contribution in [3.8, 4) is 0 Å². The Balaban J connectivity index is 2.83. The molecule has 72 valence electrons. The Morgan fingerprint density at radius 1 is 1.64 bits per heavy atom. The monoisotopic (exact) mass is 208 g/mol. The van der Waals surface area contributed by atoms with Crippen LogP contribution < -0.4 is 0 Å². The van der Waals surface area contributed by atoms with Gasteiger partial charge in [-0.25, -0.2) is 4.98 Å². The van der Waals surface area contributed by atoms with Gasteiger partial charge in [0.1, 0.15) is 10.8 Å². The zero-order valence-electron chi connectivity index (χ0n) is 7.70. The van der Waals surface area contributed by atoms with Crippen molar-refractivity contribution in [1.29, 1.82) is 0 Å². The van der Waals surface area contributed by atoms with Crippen LogP contribution in [0.2, 0.25) is 5.15 Å². The molecule has 0 saturated carbocycles. The maximum Gasteiger partial charge on any atom is 0.150 e. The molecule has 0 aliphatic carbocycles. The number of aryl methyl sites for hydroxylation is 1. The Bertz CT molecular complexity index is 490. The molecule has 0 amide bonds. The van der Waals surface area contributed by atoms with Crippen LogP contribution in [0.5, 0.6) is 0 Å². The summed E-state index contributed by atoms with van der Waals surface area (Å²) in [6, 6.07) is 3.46. The zero-order valence-corrected chi connectivity index (χ0v) is 8.45. The predicted molar refractivity (Wildman–Crippen MR) is 55.8 cm³/mol. The summed E-state index contributed by atoms with van der Waals surface area (Å²) in [4.78, 5) is 15.0. The highest BCUT2D eigenvalue weighted by atomic mass is 35.5. The molecule has 14 heavy (non-hydrogen) atoms. The SMILES string of the molecule is CCn1ccc2c(C=O)cc(Cl)nc21. The second-order valence-electron chi connectivity index (χ2n) is 2.99. The van der Waals surface area contributed by atoms with Gasteiger partial charge in [-0.3, -0.25) is 4.79 Å². The molecule has 0 bridgehead atoms. The summed E-state index contributed by atoms with van der Waals surface area (Å²) in [6.07, 6.45) is 2.71. The number of pyridine rings is 1. The molecule has 0 atom stereocenters. The van der Waals surface area contributed by atoms with Crippen LogP contribution >= 0.6 is 11.6 Å². The first-order valence-corrected chi connectivity index (χ1v) is 4.74. The lowest BCUT2D eigenvalue weighted by Crippen LogP contribution is -1.94. The third-order valence-corrected chi connectivity index (χ3v) is 2.39. The van der Waals surface area contributed by atoms with Gasteiger partial charge in [-0.2, -0.15) is 0 Å². The van der Waals surface area contributed by atoms with Crippen molar-refractivity contribution in [2.24, 2.45) is 0 Å². The third kappa shape index (κ3) is 1.30. The number of carbonyl (C=O) groups is 1. The summed E-state index contributed by atoms with van der Waals surface area (Å²) in [6.45, 7) is 2.83. The van der Waals surface area contributed by atoms with Crippen molar-refractivity contribution in [1.82, 2.24) is 9.55 Å². The largest absolute Gasteiger partial charge is 0.333 e. The van der Waals surface area contributed by atoms with Gasteiger partial charge in [-0.05, 0) is 19.1 Å². The predicted octanol–water partition coefficient (Wildman–Crippen LogP) is 2.52. The molecule has 0 aliphatic rings. The van der Waals surface area contributed by atoms with Gasteiger partial charge >= 0.3 is 0 Å². The quantitative estimate of drug-likeness (QED) is 0.562. The van der Waals surface area contributed by atoms with Gasteiger partial charge in [0.2, 0.25) is 0 Å². The van der Waals surface area contributed by atoms with Gasteiger partial charge in [-0.15, -0.1) is 0 Å². The van der Waals surface area contributed by atoms with Gasteiger partial charge in [0.05, 0.1) is 0 Å². The molecule has 0 radical (unpaired) electrons. The smallest absolute Gasteiger partial charge is 0.150 e. The molecule has 2 aromatic rings. The van der Waals surface area contributed by atoms with Crippen LogP contribution in [-0.4, -0.2) is 15.8 Å². The summed E-state index contributed by atoms with van der Waals surface area (Å²) in [7, 11) is 0. The van der Waals surface area contributed by atoms with E-state index < -0.39 is 0 Å². The fourth-order valence-electron chi connectivity index (χ4n) is 1.51. The van der Waals surface area contributed by atoms with E-state index in [2.05, 4.69) is 4.98 Å². The molecule has 2 heterocycles. The molecule has 0 spiro atoms. The average Bonchev–Trinajstić information content (AvgIpc) is 2.59. The molecule has 2 aromatic heterocycles. The van der Waals surface area contributed by atoms with E-state index >= 15 is 0 Å². The summed E-state index contributed by atoms with van der Waals surface area (Å²) >= 11 is 5.81. The Hall–Kier alpha value is -1.35. The number of aldehydes is 1. The highest BCUT2D eigenvalue weighted by molar-refractivity contribution is 6.30. The van der Waals surface area contributed by atoms with Gasteiger partial charge in [-0.1, -0.05) is 11.6 Å². The first-order chi connectivity index (χ1) is 6.76. The van der Waals surface area contributed by atoms with Crippen LogP contribution in [0.4, 0.5) is 0 Å². The summed E-state index contributed by atoms with van der Waals surface area (Å²) < 4.78 is 1.95. The van der Waals surface area contributed by atoms with Crippen molar-refractivity contribution >= 4 is 28.9 Å². The number of nitrogens with zero attached hydrogens (tertiary/aromatic N) is 2. The van der Waals surface area contributed by atoms with Gasteiger partial charge in [0.25, 0.3) is 0 Å². The van der Waals surface area contributed by atoms with Crippen LogP contribution in [0.1, 0.15) is 17.3 Å². The van der Waals surface area contributed by atoms with E-state index in [1.807, 2.05) is 23.8 Å². The fourth-order valence-corrected chi connectivity index (χ4v) is 1.70. The lowest BCUT2D eigenvalue weighted by molar-refractivity contribution is 0.112. The third-order valence-electron chi connectivity index (χ3n) is 2.20. The maximum atomic E-state index is 10.8. The number of fused-ring (bicyclic) bond motifs is 1. The van der Waals surface area contributed by atoms with Crippen molar-refractivity contribution in [3.05, 3.63) is 29.0 Å². The minimum atomic E-state index is 0.355. The average molecular weight is 209 g/mol. The standard InChI is InChI=1S/C10H9ClN2O/c1-2-13-4-3-8-7(6-14)5-9(11)12-10(8)13/h3-6H,2H2,1H3. The Morgan fingerprint density at radius 2 is 2.43 bits per heavy atom. The number of aromatic nitrogens is 2. The summed E-state index contributed by atoms with van der Waals surface area (Å²) in [5, 5.41) is 1.21. The number of carbonyl (C=O) groups excluding carboxylic acids is 1. The van der Waals surface area contributed by atoms with Crippen LogP contribution in [0, 0.1) is 0 Å². The molecular weight excluding hydrogens is 200 g/mol. The molecule has 4 heteroatoms. The highest BCUT2D eigenvalue weighted by Gasteiger charge is 2.07. The Labute approximate surface area is 86.3 Å². The Kier molecular flexibility index (Phi) is 2.25. The molecule has 0 fully saturated rings. The van der Waals surface area contributed by atoms with Crippen molar-refractivity contribution in [2.45, 2.75) is 13.5 Å². The normalized spacial score (nSPS) is 10.7. The van der Waals surface area contributed by atoms with Crippen LogP contribution in [0.3, 0.4) is 0 Å². The number of hydrogen-bond acceptors (Lipinski definition) is 2. The molecule has 0 aromatic carbocycles. The van der Waals surface area contributed by atoms with Gasteiger partial charge < -0.3 is 4.57 Å². The Morgan fingerprint density at radius 3 is 3.07 bits per heavy atom. The summed E-state index contributed by atoms with van der Waals surface area (Å²) in [5.74, 6) is 0. The van der Waals surface area contributed by atoms with Crippen LogP contribution in [0.25, 0.3) is 11.0 Å². The highest BCUT2D eigenvalue weighted by Crippen LogP contribution is 2.20. The molecule has 3 nitrogen and oxygen atoms in total. The van der Waals surface area contributed by atoms with Crippen molar-refractivity contribution in [2.75, 3.05) is 0 Å². The van der Waals surface area contributed by atoms with Crippen molar-refractivity contribution in [3.63, 3.8) is 0 Å². The van der Waals surface area contributed by atoms with Gasteiger partial charge in [0, 0.05) is 23.7 Å². The van der Waals surface area contributed by atoms with Crippen LogP contribution in [0.15, 0.2) is 18.3 Å². The van der Waals surface area contributed by atoms with E-state index in [1.54, 1.807) is 6.07 Å². The van der Waals surface area contributed by atoms with Gasteiger partial charge in [0.15, 0.2) is 6.29 Å². The van der Waals surface area contributed by atoms with E-state index in [4.69, 9.17) is 11.6 Å². The number of hydrogen-bond donors (Lipinski definition) is 0. The summed E-state index contributed by atoms with van der Waals surface area (Å²) in [5.41, 5.74) is 1.36. The second-order valence-corrected chi connectivity index (χ2v) is 3.38. The molecular formula is C10H9ClN2O. The topological polar surface area (TPSA) is 34.9 Å². The molecule has 0 unspecified atom stereocenters. The molecule has 2 rings (SSSR count). The van der Waals surface area contributed by atoms with E-state index in [-0.39, 0.29) is 0 Å². The molecule has 0 N–H and O–H groups in total. The minimum absolute atomic E-state index is 0.355. The fraction of sp³-hybridized carbons (Fsp3) is 0.200. The molecule has 0 saturated heterocycles. The minimum Gasteiger partial charge on any atom is -0.333 e. The van der Waals surface area contributed by atoms with E-state index in [1.165, 1.54) is 0 Å². The zero-order chi connectivity index (χ0) is 10.1.